The first kappa shape index (κ1) is 30.7. The molecule has 10 nitrogen and oxygen atoms in total. The van der Waals surface area contributed by atoms with Gasteiger partial charge in [0.25, 0.3) is 11.8 Å². The molecule has 0 aliphatic rings. The number of nitrogens with zero attached hydrogens (tertiary/aromatic N) is 2. The summed E-state index contributed by atoms with van der Waals surface area (Å²) in [5, 5.41) is 5.91. The number of carbonyl (C=O) groups is 2. The van der Waals surface area contributed by atoms with Crippen LogP contribution in [-0.2, 0) is 0 Å². The maximum Gasteiger partial charge on any atom is 0.255 e. The van der Waals surface area contributed by atoms with Crippen molar-refractivity contribution in [3.63, 3.8) is 0 Å². The first-order valence-corrected chi connectivity index (χ1v) is 13.2. The van der Waals surface area contributed by atoms with Crippen LogP contribution in [0.3, 0.4) is 0 Å². The molecule has 0 aliphatic carbocycles. The number of anilines is 2. The third-order valence-electron chi connectivity index (χ3n) is 6.74. The topological polar surface area (TPSA) is 135 Å². The van der Waals surface area contributed by atoms with Crippen molar-refractivity contribution in [3.8, 4) is 22.6 Å². The van der Waals surface area contributed by atoms with Gasteiger partial charge >= 0.3 is 0 Å². The van der Waals surface area contributed by atoms with Crippen molar-refractivity contribution < 1.29 is 19.1 Å². The Morgan fingerprint density at radius 1 is 0.684 bits per heavy atom. The SMILES string of the molecule is CCN(CC)CCNC(=O)c1cc(-c2cc(C(=O)NCCN(CC)CC)c(OC)cc2N)c(N)cc1OC. The zero-order valence-corrected chi connectivity index (χ0v) is 23.6. The van der Waals surface area contributed by atoms with Crippen molar-refractivity contribution >= 4 is 23.2 Å². The number of hydrogen-bond acceptors (Lipinski definition) is 8. The van der Waals surface area contributed by atoms with Gasteiger partial charge in [-0.25, -0.2) is 0 Å². The number of rotatable bonds is 15. The molecule has 0 saturated carbocycles. The molecule has 0 saturated heterocycles. The molecule has 2 aromatic rings. The normalized spacial score (nSPS) is 11.1. The van der Waals surface area contributed by atoms with E-state index in [0.29, 0.717) is 58.2 Å². The fraction of sp³-hybridized carbons (Fsp3) is 0.500. The number of hydrogen-bond donors (Lipinski definition) is 4. The average Bonchev–Trinajstić information content (AvgIpc) is 2.92. The van der Waals surface area contributed by atoms with Gasteiger partial charge < -0.3 is 41.4 Å². The molecule has 10 heteroatoms. The summed E-state index contributed by atoms with van der Waals surface area (Å²) in [7, 11) is 2.98. The van der Waals surface area contributed by atoms with E-state index in [9.17, 15) is 9.59 Å². The Kier molecular flexibility index (Phi) is 12.2. The van der Waals surface area contributed by atoms with Crippen molar-refractivity contribution in [2.24, 2.45) is 0 Å². The predicted molar refractivity (Wildman–Crippen MR) is 154 cm³/mol. The Labute approximate surface area is 226 Å². The lowest BCUT2D eigenvalue weighted by molar-refractivity contribution is 0.0937. The molecule has 2 amide bonds. The third-order valence-corrected chi connectivity index (χ3v) is 6.74. The van der Waals surface area contributed by atoms with E-state index in [-0.39, 0.29) is 11.8 Å². The standard InChI is InChI=1S/C28H44N6O4/c1-7-33(8-2)13-11-31-27(35)21-15-19(23(29)17-25(21)37-5)20-16-22(26(38-6)18-24(20)30)28(36)32-12-14-34(9-3)10-4/h15-18H,7-14,29-30H2,1-6H3,(H,31,35)(H,32,36). The van der Waals surface area contributed by atoms with Gasteiger partial charge in [-0.3, -0.25) is 9.59 Å². The van der Waals surface area contributed by atoms with E-state index in [4.69, 9.17) is 20.9 Å². The van der Waals surface area contributed by atoms with Crippen molar-refractivity contribution in [2.45, 2.75) is 27.7 Å². The van der Waals surface area contributed by atoms with E-state index in [2.05, 4.69) is 48.1 Å². The van der Waals surface area contributed by atoms with Crippen LogP contribution in [0.25, 0.3) is 11.1 Å². The Bertz CT molecular complexity index is 998. The van der Waals surface area contributed by atoms with Crippen LogP contribution in [0, 0.1) is 0 Å². The first-order chi connectivity index (χ1) is 18.2. The second-order valence-electron chi connectivity index (χ2n) is 8.85. The van der Waals surface area contributed by atoms with E-state index in [1.807, 2.05) is 0 Å². The molecule has 0 fully saturated rings. The summed E-state index contributed by atoms with van der Waals surface area (Å²) in [6.07, 6.45) is 0. The molecule has 210 valence electrons. The molecule has 2 rings (SSSR count). The van der Waals surface area contributed by atoms with Gasteiger partial charge in [-0.2, -0.15) is 0 Å². The van der Waals surface area contributed by atoms with E-state index in [1.54, 1.807) is 24.3 Å². The minimum Gasteiger partial charge on any atom is -0.496 e. The van der Waals surface area contributed by atoms with E-state index in [0.717, 1.165) is 39.3 Å². The summed E-state index contributed by atoms with van der Waals surface area (Å²) in [6.45, 7) is 14.4. The van der Waals surface area contributed by atoms with Crippen molar-refractivity contribution in [1.29, 1.82) is 0 Å². The molecule has 0 spiro atoms. The fourth-order valence-corrected chi connectivity index (χ4v) is 4.28. The molecule has 0 bridgehead atoms. The lowest BCUT2D eigenvalue weighted by Gasteiger charge is -2.20. The lowest BCUT2D eigenvalue weighted by Crippen LogP contribution is -2.35. The third kappa shape index (κ3) is 7.75. The molecule has 0 atom stereocenters. The Balaban J connectivity index is 2.40. The van der Waals surface area contributed by atoms with Crippen LogP contribution in [-0.4, -0.2) is 88.2 Å². The maximum atomic E-state index is 13.1. The molecule has 0 unspecified atom stereocenters. The number of amides is 2. The number of nitrogens with one attached hydrogen (secondary N) is 2. The summed E-state index contributed by atoms with van der Waals surface area (Å²) >= 11 is 0. The summed E-state index contributed by atoms with van der Waals surface area (Å²) < 4.78 is 10.9. The van der Waals surface area contributed by atoms with Gasteiger partial charge in [0.15, 0.2) is 0 Å². The first-order valence-electron chi connectivity index (χ1n) is 13.2. The molecule has 0 radical (unpaired) electrons. The maximum absolute atomic E-state index is 13.1. The summed E-state index contributed by atoms with van der Waals surface area (Å²) in [5.41, 5.74) is 15.2. The minimum absolute atomic E-state index is 0.281. The fourth-order valence-electron chi connectivity index (χ4n) is 4.28. The summed E-state index contributed by atoms with van der Waals surface area (Å²) in [4.78, 5) is 30.6. The summed E-state index contributed by atoms with van der Waals surface area (Å²) in [6, 6.07) is 6.51. The predicted octanol–water partition coefficient (Wildman–Crippen LogP) is 2.68. The van der Waals surface area contributed by atoms with Gasteiger partial charge in [0, 0.05) is 60.8 Å². The highest BCUT2D eigenvalue weighted by Gasteiger charge is 2.21. The Morgan fingerprint density at radius 2 is 1.03 bits per heavy atom. The number of nitrogens with two attached hydrogens (primary N) is 2. The number of ether oxygens (including phenoxy) is 2. The molecule has 6 N–H and O–H groups in total. The van der Waals surface area contributed by atoms with Crippen LogP contribution < -0.4 is 31.6 Å². The quantitative estimate of drug-likeness (QED) is 0.259. The highest BCUT2D eigenvalue weighted by molar-refractivity contribution is 6.03. The molecule has 0 heterocycles. The molecule has 38 heavy (non-hydrogen) atoms. The highest BCUT2D eigenvalue weighted by atomic mass is 16.5. The number of benzene rings is 2. The van der Waals surface area contributed by atoms with Crippen LogP contribution in [0.4, 0.5) is 11.4 Å². The van der Waals surface area contributed by atoms with Gasteiger partial charge in [0.05, 0.1) is 25.3 Å². The van der Waals surface area contributed by atoms with E-state index >= 15 is 0 Å². The van der Waals surface area contributed by atoms with Crippen LogP contribution in [0.1, 0.15) is 48.4 Å². The molecular formula is C28H44N6O4. The molecule has 0 aromatic heterocycles. The average molecular weight is 529 g/mol. The summed E-state index contributed by atoms with van der Waals surface area (Å²) in [5.74, 6) is 0.148. The second-order valence-corrected chi connectivity index (χ2v) is 8.85. The van der Waals surface area contributed by atoms with E-state index in [1.165, 1.54) is 14.2 Å². The number of likely N-dealkylation sites (N-methyl/N-ethyl adjacent to an activating group) is 2. The van der Waals surface area contributed by atoms with Gasteiger partial charge in [-0.05, 0) is 38.3 Å². The van der Waals surface area contributed by atoms with Crippen molar-refractivity contribution in [1.82, 2.24) is 20.4 Å². The number of methoxy groups -OCH3 is 2. The highest BCUT2D eigenvalue weighted by Crippen LogP contribution is 2.38. The number of nitrogen functional groups attached to an aromatic ring is 2. The zero-order valence-electron chi connectivity index (χ0n) is 23.6. The van der Waals surface area contributed by atoms with E-state index < -0.39 is 0 Å². The van der Waals surface area contributed by atoms with Crippen LogP contribution >= 0.6 is 0 Å². The molecule has 2 aromatic carbocycles. The largest absolute Gasteiger partial charge is 0.496 e. The van der Waals surface area contributed by atoms with Crippen molar-refractivity contribution in [2.75, 3.05) is 78.0 Å². The second kappa shape index (κ2) is 15.0. The van der Waals surface area contributed by atoms with Crippen molar-refractivity contribution in [3.05, 3.63) is 35.4 Å². The lowest BCUT2D eigenvalue weighted by atomic mass is 9.96. The molecular weight excluding hydrogens is 484 g/mol. The van der Waals surface area contributed by atoms with Gasteiger partial charge in [-0.1, -0.05) is 27.7 Å². The van der Waals surface area contributed by atoms with Crippen LogP contribution in [0.2, 0.25) is 0 Å². The monoisotopic (exact) mass is 528 g/mol. The minimum atomic E-state index is -0.281. The number of carbonyl (C=O) groups excluding carboxylic acids is 2. The van der Waals surface area contributed by atoms with Gasteiger partial charge in [-0.15, -0.1) is 0 Å². The Hall–Kier alpha value is -3.50. The van der Waals surface area contributed by atoms with Gasteiger partial charge in [0.2, 0.25) is 0 Å². The smallest absolute Gasteiger partial charge is 0.255 e. The van der Waals surface area contributed by atoms with Gasteiger partial charge in [0.1, 0.15) is 11.5 Å². The zero-order chi connectivity index (χ0) is 28.2. The van der Waals surface area contributed by atoms with Crippen LogP contribution in [0.5, 0.6) is 11.5 Å². The Morgan fingerprint density at radius 3 is 1.32 bits per heavy atom. The van der Waals surface area contributed by atoms with Crippen LogP contribution in [0.15, 0.2) is 24.3 Å². The molecule has 0 aliphatic heterocycles.